The van der Waals surface area contributed by atoms with Gasteiger partial charge in [0.05, 0.1) is 5.56 Å². The highest BCUT2D eigenvalue weighted by atomic mass is 16.4. The monoisotopic (exact) mass is 308 g/mol. The Kier molecular flexibility index (Phi) is 4.42. The van der Waals surface area contributed by atoms with Gasteiger partial charge in [-0.25, -0.2) is 0 Å². The molecule has 1 amide bonds. The van der Waals surface area contributed by atoms with E-state index in [0.29, 0.717) is 30.3 Å². The average Bonchev–Trinajstić information content (AvgIpc) is 3.05. The molecule has 116 valence electrons. The third-order valence-electron chi connectivity index (χ3n) is 3.31. The number of nitrogens with one attached hydrogen (secondary N) is 1. The second-order valence-electron chi connectivity index (χ2n) is 5.11. The maximum absolute atomic E-state index is 11.9. The molecule has 0 saturated carbocycles. The number of hydrogen-bond donors (Lipinski definition) is 1. The molecular formula is C17H16N4O2. The number of carbonyl (C=O) groups is 1. The van der Waals surface area contributed by atoms with Crippen molar-refractivity contribution < 1.29 is 9.21 Å². The Morgan fingerprint density at radius 1 is 1.17 bits per heavy atom. The van der Waals surface area contributed by atoms with Crippen LogP contribution < -0.4 is 5.32 Å². The minimum absolute atomic E-state index is 0.170. The highest BCUT2D eigenvalue weighted by molar-refractivity contribution is 5.93. The lowest BCUT2D eigenvalue weighted by atomic mass is 10.1. The number of hydrogen-bond acceptors (Lipinski definition) is 5. The molecule has 0 aliphatic carbocycles. The lowest BCUT2D eigenvalue weighted by Crippen LogP contribution is -2.25. The van der Waals surface area contributed by atoms with E-state index in [4.69, 9.17) is 4.42 Å². The number of rotatable bonds is 5. The predicted octanol–water partition coefficient (Wildman–Crippen LogP) is 2.41. The summed E-state index contributed by atoms with van der Waals surface area (Å²) in [5, 5.41) is 10.8. The first-order chi connectivity index (χ1) is 11.2. The van der Waals surface area contributed by atoms with Crippen molar-refractivity contribution in [1.29, 1.82) is 0 Å². The largest absolute Gasteiger partial charge is 0.421 e. The number of pyridine rings is 1. The van der Waals surface area contributed by atoms with Crippen LogP contribution in [0.3, 0.4) is 0 Å². The molecule has 3 rings (SSSR count). The van der Waals surface area contributed by atoms with E-state index < -0.39 is 0 Å². The molecule has 0 unspecified atom stereocenters. The fourth-order valence-electron chi connectivity index (χ4n) is 2.05. The molecule has 0 radical (unpaired) electrons. The van der Waals surface area contributed by atoms with Gasteiger partial charge in [-0.05, 0) is 31.2 Å². The molecule has 0 aliphatic heterocycles. The number of carbonyl (C=O) groups excluding carboxylic acids is 1. The summed E-state index contributed by atoms with van der Waals surface area (Å²) in [6.45, 7) is 2.44. The van der Waals surface area contributed by atoms with Gasteiger partial charge in [0.15, 0.2) is 0 Å². The van der Waals surface area contributed by atoms with Crippen LogP contribution in [0.4, 0.5) is 0 Å². The molecule has 0 spiro atoms. The minimum atomic E-state index is -0.170. The molecule has 6 heteroatoms. The van der Waals surface area contributed by atoms with Crippen LogP contribution in [0, 0.1) is 6.92 Å². The average molecular weight is 308 g/mol. The fraction of sp³-hybridized carbons (Fsp3) is 0.176. The molecule has 23 heavy (non-hydrogen) atoms. The first-order valence-corrected chi connectivity index (χ1v) is 7.30. The van der Waals surface area contributed by atoms with Crippen molar-refractivity contribution in [1.82, 2.24) is 20.5 Å². The Hall–Kier alpha value is -3.02. The molecule has 3 aromatic rings. The zero-order chi connectivity index (χ0) is 16.1. The molecule has 0 bridgehead atoms. The Balaban J connectivity index is 1.55. The molecule has 2 aromatic heterocycles. The van der Waals surface area contributed by atoms with Crippen molar-refractivity contribution in [3.63, 3.8) is 0 Å². The topological polar surface area (TPSA) is 80.9 Å². The summed E-state index contributed by atoms with van der Waals surface area (Å²) < 4.78 is 5.61. The molecule has 0 atom stereocenters. The number of aryl methyl sites for hydroxylation is 1. The smallest absolute Gasteiger partial charge is 0.252 e. The van der Waals surface area contributed by atoms with E-state index in [-0.39, 0.29) is 5.91 Å². The van der Waals surface area contributed by atoms with Gasteiger partial charge < -0.3 is 9.73 Å². The van der Waals surface area contributed by atoms with E-state index in [1.165, 1.54) is 11.8 Å². The van der Waals surface area contributed by atoms with Crippen LogP contribution in [0.2, 0.25) is 0 Å². The molecule has 0 fully saturated rings. The van der Waals surface area contributed by atoms with Crippen molar-refractivity contribution >= 4 is 5.91 Å². The molecule has 1 N–H and O–H groups in total. The van der Waals surface area contributed by atoms with Crippen LogP contribution in [0.15, 0.2) is 53.2 Å². The van der Waals surface area contributed by atoms with E-state index in [1.807, 2.05) is 31.2 Å². The van der Waals surface area contributed by atoms with Gasteiger partial charge in [0.1, 0.15) is 0 Å². The predicted molar refractivity (Wildman–Crippen MR) is 84.7 cm³/mol. The van der Waals surface area contributed by atoms with Gasteiger partial charge in [-0.15, -0.1) is 10.2 Å². The van der Waals surface area contributed by atoms with Gasteiger partial charge in [0, 0.05) is 30.9 Å². The molecule has 6 nitrogen and oxygen atoms in total. The molecule has 1 aromatic carbocycles. The normalized spacial score (nSPS) is 10.5. The summed E-state index contributed by atoms with van der Waals surface area (Å²) in [5.41, 5.74) is 2.58. The van der Waals surface area contributed by atoms with Crippen LogP contribution >= 0.6 is 0 Å². The second-order valence-corrected chi connectivity index (χ2v) is 5.11. The maximum Gasteiger partial charge on any atom is 0.252 e. The summed E-state index contributed by atoms with van der Waals surface area (Å²) in [5.74, 6) is 0.807. The number of aromatic nitrogens is 3. The number of amides is 1. The van der Waals surface area contributed by atoms with E-state index in [0.717, 1.165) is 5.56 Å². The Morgan fingerprint density at radius 2 is 2.00 bits per heavy atom. The van der Waals surface area contributed by atoms with Crippen LogP contribution in [-0.4, -0.2) is 27.6 Å². The minimum Gasteiger partial charge on any atom is -0.421 e. The van der Waals surface area contributed by atoms with E-state index in [9.17, 15) is 4.79 Å². The van der Waals surface area contributed by atoms with Crippen molar-refractivity contribution in [2.75, 3.05) is 6.54 Å². The lowest BCUT2D eigenvalue weighted by molar-refractivity contribution is 0.0953. The Morgan fingerprint density at radius 3 is 2.74 bits per heavy atom. The standard InChI is InChI=1S/C17H16N4O2/c1-12-4-6-13(7-5-12)17-21-20-15(23-17)8-10-19-16(22)14-3-2-9-18-11-14/h2-7,9,11H,8,10H2,1H3,(H,19,22). The second kappa shape index (κ2) is 6.83. The first-order valence-electron chi connectivity index (χ1n) is 7.30. The third kappa shape index (κ3) is 3.79. The fourth-order valence-corrected chi connectivity index (χ4v) is 2.05. The van der Waals surface area contributed by atoms with Crippen LogP contribution in [0.5, 0.6) is 0 Å². The summed E-state index contributed by atoms with van der Waals surface area (Å²) in [6, 6.07) is 11.3. The highest BCUT2D eigenvalue weighted by Gasteiger charge is 2.09. The van der Waals surface area contributed by atoms with Crippen LogP contribution in [-0.2, 0) is 6.42 Å². The molecule has 0 saturated heterocycles. The van der Waals surface area contributed by atoms with Crippen molar-refractivity contribution in [3.8, 4) is 11.5 Å². The van der Waals surface area contributed by atoms with E-state index in [1.54, 1.807) is 18.3 Å². The van der Waals surface area contributed by atoms with Crippen molar-refractivity contribution in [2.24, 2.45) is 0 Å². The zero-order valence-electron chi connectivity index (χ0n) is 12.7. The summed E-state index contributed by atoms with van der Waals surface area (Å²) in [4.78, 5) is 15.8. The zero-order valence-corrected chi connectivity index (χ0v) is 12.7. The third-order valence-corrected chi connectivity index (χ3v) is 3.31. The summed E-state index contributed by atoms with van der Waals surface area (Å²) in [7, 11) is 0. The first kappa shape index (κ1) is 14.9. The quantitative estimate of drug-likeness (QED) is 0.783. The molecule has 2 heterocycles. The summed E-state index contributed by atoms with van der Waals surface area (Å²) in [6.07, 6.45) is 3.63. The van der Waals surface area contributed by atoms with Gasteiger partial charge in [0.25, 0.3) is 5.91 Å². The van der Waals surface area contributed by atoms with Gasteiger partial charge in [0.2, 0.25) is 11.8 Å². The van der Waals surface area contributed by atoms with Gasteiger partial charge >= 0.3 is 0 Å². The molecule has 0 aliphatic rings. The van der Waals surface area contributed by atoms with Crippen molar-refractivity contribution in [3.05, 3.63) is 65.8 Å². The lowest BCUT2D eigenvalue weighted by Gasteiger charge is -2.02. The summed E-state index contributed by atoms with van der Waals surface area (Å²) >= 11 is 0. The van der Waals surface area contributed by atoms with Gasteiger partial charge in [-0.2, -0.15) is 0 Å². The highest BCUT2D eigenvalue weighted by Crippen LogP contribution is 2.18. The van der Waals surface area contributed by atoms with Crippen LogP contribution in [0.1, 0.15) is 21.8 Å². The molecular weight excluding hydrogens is 292 g/mol. The van der Waals surface area contributed by atoms with Gasteiger partial charge in [-0.3, -0.25) is 9.78 Å². The van der Waals surface area contributed by atoms with E-state index >= 15 is 0 Å². The maximum atomic E-state index is 11.9. The Labute approximate surface area is 133 Å². The number of nitrogens with zero attached hydrogens (tertiary/aromatic N) is 3. The van der Waals surface area contributed by atoms with E-state index in [2.05, 4.69) is 20.5 Å². The Bertz CT molecular complexity index is 782. The number of benzene rings is 1. The van der Waals surface area contributed by atoms with Crippen molar-refractivity contribution in [2.45, 2.75) is 13.3 Å². The SMILES string of the molecule is Cc1ccc(-c2nnc(CCNC(=O)c3cccnc3)o2)cc1. The van der Waals surface area contributed by atoms with Gasteiger partial charge in [-0.1, -0.05) is 17.7 Å². The van der Waals surface area contributed by atoms with Crippen LogP contribution in [0.25, 0.3) is 11.5 Å².